The van der Waals surface area contributed by atoms with Crippen LogP contribution in [0.25, 0.3) is 0 Å². The molecule has 96 valence electrons. The van der Waals surface area contributed by atoms with Gasteiger partial charge in [-0.05, 0) is 40.9 Å². The van der Waals surface area contributed by atoms with Crippen molar-refractivity contribution in [3.63, 3.8) is 0 Å². The van der Waals surface area contributed by atoms with Gasteiger partial charge in [-0.25, -0.2) is 4.79 Å². The standard InChI is InChI=1S/C12H14BrN3O2/c13-9-3-1-2-4-10(9)14-7-11(17)16-12(18)15-8-5-6-8/h1-4,8,14H,5-7H2,(H2,15,16,17,18). The molecule has 0 aromatic heterocycles. The number of hydrogen-bond acceptors (Lipinski definition) is 3. The highest BCUT2D eigenvalue weighted by Crippen LogP contribution is 2.20. The summed E-state index contributed by atoms with van der Waals surface area (Å²) in [5, 5.41) is 7.91. The third kappa shape index (κ3) is 4.03. The van der Waals surface area contributed by atoms with E-state index in [0.29, 0.717) is 0 Å². The fourth-order valence-electron chi connectivity index (χ4n) is 1.40. The van der Waals surface area contributed by atoms with Gasteiger partial charge in [0.2, 0.25) is 5.91 Å². The van der Waals surface area contributed by atoms with Crippen molar-refractivity contribution in [3.8, 4) is 0 Å². The normalized spacial score (nSPS) is 13.8. The zero-order chi connectivity index (χ0) is 13.0. The van der Waals surface area contributed by atoms with E-state index in [2.05, 4.69) is 31.9 Å². The molecule has 0 radical (unpaired) electrons. The molecule has 3 amide bonds. The lowest BCUT2D eigenvalue weighted by atomic mass is 10.3. The predicted octanol–water partition coefficient (Wildman–Crippen LogP) is 1.85. The first-order valence-electron chi connectivity index (χ1n) is 5.74. The average Bonchev–Trinajstić information content (AvgIpc) is 3.11. The molecule has 1 aromatic carbocycles. The van der Waals surface area contributed by atoms with Gasteiger partial charge in [-0.3, -0.25) is 10.1 Å². The molecule has 1 saturated carbocycles. The fraction of sp³-hybridized carbons (Fsp3) is 0.333. The molecule has 18 heavy (non-hydrogen) atoms. The van der Waals surface area contributed by atoms with E-state index in [1.807, 2.05) is 24.3 Å². The summed E-state index contributed by atoms with van der Waals surface area (Å²) in [7, 11) is 0. The van der Waals surface area contributed by atoms with Crippen LogP contribution < -0.4 is 16.0 Å². The maximum Gasteiger partial charge on any atom is 0.321 e. The van der Waals surface area contributed by atoms with Crippen LogP contribution in [0.5, 0.6) is 0 Å². The Balaban J connectivity index is 1.74. The van der Waals surface area contributed by atoms with Gasteiger partial charge in [0, 0.05) is 16.2 Å². The Kier molecular flexibility index (Phi) is 4.19. The summed E-state index contributed by atoms with van der Waals surface area (Å²) in [6.07, 6.45) is 1.99. The molecular formula is C12H14BrN3O2. The van der Waals surface area contributed by atoms with E-state index in [0.717, 1.165) is 23.0 Å². The highest BCUT2D eigenvalue weighted by Gasteiger charge is 2.23. The third-order valence-electron chi connectivity index (χ3n) is 2.48. The summed E-state index contributed by atoms with van der Waals surface area (Å²) in [5.41, 5.74) is 0.815. The summed E-state index contributed by atoms with van der Waals surface area (Å²) in [6.45, 7) is 0.0562. The number of rotatable bonds is 4. The van der Waals surface area contributed by atoms with Gasteiger partial charge in [0.05, 0.1) is 6.54 Å². The molecule has 1 aromatic rings. The van der Waals surface area contributed by atoms with Gasteiger partial charge in [0.15, 0.2) is 0 Å². The number of amides is 3. The minimum absolute atomic E-state index is 0.0562. The number of hydrogen-bond donors (Lipinski definition) is 3. The third-order valence-corrected chi connectivity index (χ3v) is 3.17. The van der Waals surface area contributed by atoms with Crippen LogP contribution in [0.2, 0.25) is 0 Å². The maximum absolute atomic E-state index is 11.5. The summed E-state index contributed by atoms with van der Waals surface area (Å²) in [4.78, 5) is 22.8. The van der Waals surface area contributed by atoms with Gasteiger partial charge in [-0.15, -0.1) is 0 Å². The van der Waals surface area contributed by atoms with Crippen LogP contribution in [0.1, 0.15) is 12.8 Å². The van der Waals surface area contributed by atoms with Crippen molar-refractivity contribution in [3.05, 3.63) is 28.7 Å². The van der Waals surface area contributed by atoms with E-state index in [1.165, 1.54) is 0 Å². The summed E-state index contributed by atoms with van der Waals surface area (Å²) in [5.74, 6) is -0.357. The summed E-state index contributed by atoms with van der Waals surface area (Å²) in [6, 6.07) is 7.30. The molecule has 6 heteroatoms. The van der Waals surface area contributed by atoms with Crippen LogP contribution in [0.4, 0.5) is 10.5 Å². The van der Waals surface area contributed by atoms with Crippen molar-refractivity contribution < 1.29 is 9.59 Å². The molecule has 1 aliphatic carbocycles. The lowest BCUT2D eigenvalue weighted by Gasteiger charge is -2.08. The average molecular weight is 312 g/mol. The number of benzene rings is 1. The van der Waals surface area contributed by atoms with Gasteiger partial charge < -0.3 is 10.6 Å². The van der Waals surface area contributed by atoms with Crippen LogP contribution in [0.15, 0.2) is 28.7 Å². The molecule has 0 aliphatic heterocycles. The Labute approximate surface area is 113 Å². The van der Waals surface area contributed by atoms with Crippen molar-refractivity contribution >= 4 is 33.6 Å². The number of anilines is 1. The van der Waals surface area contributed by atoms with Gasteiger partial charge in [-0.1, -0.05) is 12.1 Å². The van der Waals surface area contributed by atoms with Gasteiger partial charge >= 0.3 is 6.03 Å². The summed E-state index contributed by atoms with van der Waals surface area (Å²) < 4.78 is 0.875. The molecular weight excluding hydrogens is 298 g/mol. The molecule has 2 rings (SSSR count). The van der Waals surface area contributed by atoms with E-state index in [4.69, 9.17) is 0 Å². The Bertz CT molecular complexity index is 460. The molecule has 1 fully saturated rings. The molecule has 0 spiro atoms. The molecule has 0 bridgehead atoms. The van der Waals surface area contributed by atoms with Gasteiger partial charge in [-0.2, -0.15) is 0 Å². The first kappa shape index (κ1) is 12.9. The quantitative estimate of drug-likeness (QED) is 0.794. The second-order valence-electron chi connectivity index (χ2n) is 4.13. The van der Waals surface area contributed by atoms with Crippen LogP contribution >= 0.6 is 15.9 Å². The van der Waals surface area contributed by atoms with E-state index < -0.39 is 6.03 Å². The number of urea groups is 1. The molecule has 0 heterocycles. The molecule has 5 nitrogen and oxygen atoms in total. The van der Waals surface area contributed by atoms with Crippen molar-refractivity contribution in [2.45, 2.75) is 18.9 Å². The monoisotopic (exact) mass is 311 g/mol. The van der Waals surface area contributed by atoms with Crippen LogP contribution in [0, 0.1) is 0 Å². The number of para-hydroxylation sites is 1. The van der Waals surface area contributed by atoms with Gasteiger partial charge in [0.25, 0.3) is 0 Å². The number of carbonyl (C=O) groups excluding carboxylic acids is 2. The van der Waals surface area contributed by atoms with E-state index >= 15 is 0 Å². The Hall–Kier alpha value is -1.56. The van der Waals surface area contributed by atoms with Gasteiger partial charge in [0.1, 0.15) is 0 Å². The molecule has 0 atom stereocenters. The minimum Gasteiger partial charge on any atom is -0.375 e. The van der Waals surface area contributed by atoms with E-state index in [9.17, 15) is 9.59 Å². The van der Waals surface area contributed by atoms with Crippen molar-refractivity contribution in [1.29, 1.82) is 0 Å². The van der Waals surface area contributed by atoms with E-state index in [1.54, 1.807) is 0 Å². The highest BCUT2D eigenvalue weighted by molar-refractivity contribution is 9.10. The molecule has 1 aliphatic rings. The number of nitrogens with one attached hydrogen (secondary N) is 3. The molecule has 0 unspecified atom stereocenters. The van der Waals surface area contributed by atoms with Crippen molar-refractivity contribution in [2.75, 3.05) is 11.9 Å². The summed E-state index contributed by atoms with van der Waals surface area (Å²) >= 11 is 3.36. The Morgan fingerprint density at radius 3 is 2.67 bits per heavy atom. The largest absolute Gasteiger partial charge is 0.375 e. The lowest BCUT2D eigenvalue weighted by molar-refractivity contribution is -0.118. The smallest absolute Gasteiger partial charge is 0.321 e. The number of halogens is 1. The topological polar surface area (TPSA) is 70.2 Å². The van der Waals surface area contributed by atoms with Crippen LogP contribution in [-0.4, -0.2) is 24.5 Å². The molecule has 3 N–H and O–H groups in total. The fourth-order valence-corrected chi connectivity index (χ4v) is 1.83. The SMILES string of the molecule is O=C(CNc1ccccc1Br)NC(=O)NC1CC1. The lowest BCUT2D eigenvalue weighted by Crippen LogP contribution is -2.42. The zero-order valence-electron chi connectivity index (χ0n) is 9.70. The maximum atomic E-state index is 11.5. The Morgan fingerprint density at radius 2 is 2.00 bits per heavy atom. The van der Waals surface area contributed by atoms with Crippen LogP contribution in [0.3, 0.4) is 0 Å². The molecule has 0 saturated heterocycles. The predicted molar refractivity (Wildman–Crippen MR) is 72.3 cm³/mol. The van der Waals surface area contributed by atoms with E-state index in [-0.39, 0.29) is 18.5 Å². The zero-order valence-corrected chi connectivity index (χ0v) is 11.3. The van der Waals surface area contributed by atoms with Crippen molar-refractivity contribution in [1.82, 2.24) is 10.6 Å². The van der Waals surface area contributed by atoms with Crippen LogP contribution in [-0.2, 0) is 4.79 Å². The number of carbonyl (C=O) groups is 2. The van der Waals surface area contributed by atoms with Crippen molar-refractivity contribution in [2.24, 2.45) is 0 Å². The number of imide groups is 1. The first-order chi connectivity index (χ1) is 8.65. The Morgan fingerprint density at radius 1 is 1.28 bits per heavy atom. The minimum atomic E-state index is -0.420. The second kappa shape index (κ2) is 5.86. The highest BCUT2D eigenvalue weighted by atomic mass is 79.9. The first-order valence-corrected chi connectivity index (χ1v) is 6.53. The second-order valence-corrected chi connectivity index (χ2v) is 4.98.